The second kappa shape index (κ2) is 7.40. The highest BCUT2D eigenvalue weighted by atomic mass is 19.1. The van der Waals surface area contributed by atoms with Gasteiger partial charge in [0.25, 0.3) is 0 Å². The van der Waals surface area contributed by atoms with Gasteiger partial charge in [-0.1, -0.05) is 19.1 Å². The monoisotopic (exact) mass is 316 g/mol. The maximum Gasteiger partial charge on any atom is 0.419 e. The van der Waals surface area contributed by atoms with Gasteiger partial charge in [-0.15, -0.1) is 0 Å². The van der Waals surface area contributed by atoms with Gasteiger partial charge in [0.1, 0.15) is 11.6 Å². The Balaban J connectivity index is 2.07. The molecule has 1 N–H and O–H groups in total. The van der Waals surface area contributed by atoms with Gasteiger partial charge in [0.15, 0.2) is 0 Å². The lowest BCUT2D eigenvalue weighted by atomic mass is 10.3. The Bertz CT molecular complexity index is 718. The van der Waals surface area contributed by atoms with E-state index in [-0.39, 0.29) is 11.7 Å². The number of hydrogen-bond acceptors (Lipinski definition) is 3. The van der Waals surface area contributed by atoms with Crippen molar-refractivity contribution in [1.82, 2.24) is 0 Å². The van der Waals surface area contributed by atoms with Crippen LogP contribution in [0.2, 0.25) is 0 Å². The van der Waals surface area contributed by atoms with Gasteiger partial charge in [0.05, 0.1) is 0 Å². The van der Waals surface area contributed by atoms with Crippen LogP contribution < -0.4 is 15.0 Å². The largest absolute Gasteiger partial charge is 0.419 e. The van der Waals surface area contributed by atoms with Crippen LogP contribution in [-0.2, 0) is 4.79 Å². The van der Waals surface area contributed by atoms with E-state index in [1.165, 1.54) is 30.1 Å². The average molecular weight is 316 g/mol. The zero-order valence-electron chi connectivity index (χ0n) is 12.9. The topological polar surface area (TPSA) is 58.6 Å². The number of carbonyl (C=O) groups excluding carboxylic acids is 2. The number of rotatable bonds is 4. The fourth-order valence-electron chi connectivity index (χ4n) is 1.85. The molecule has 2 rings (SSSR count). The number of nitrogens with zero attached hydrogens (tertiary/aromatic N) is 1. The van der Waals surface area contributed by atoms with Gasteiger partial charge in [-0.05, 0) is 30.3 Å². The molecule has 0 aliphatic rings. The van der Waals surface area contributed by atoms with Crippen molar-refractivity contribution >= 4 is 23.4 Å². The number of anilines is 2. The molecule has 6 heteroatoms. The fraction of sp³-hybridized carbons (Fsp3) is 0.176. The van der Waals surface area contributed by atoms with E-state index in [9.17, 15) is 14.0 Å². The molecule has 5 nitrogen and oxygen atoms in total. The molecule has 0 saturated heterocycles. The van der Waals surface area contributed by atoms with E-state index in [0.717, 1.165) is 0 Å². The van der Waals surface area contributed by atoms with Crippen molar-refractivity contribution in [3.63, 3.8) is 0 Å². The smallest absolute Gasteiger partial charge is 0.410 e. The first-order chi connectivity index (χ1) is 11.0. The van der Waals surface area contributed by atoms with Crippen LogP contribution in [0.3, 0.4) is 0 Å². The Morgan fingerprint density at radius 2 is 1.91 bits per heavy atom. The summed E-state index contributed by atoms with van der Waals surface area (Å²) in [6, 6.07) is 12.1. The number of amides is 2. The van der Waals surface area contributed by atoms with E-state index in [1.807, 2.05) is 0 Å². The second-order valence-corrected chi connectivity index (χ2v) is 4.84. The molecule has 0 radical (unpaired) electrons. The minimum absolute atomic E-state index is 0.134. The van der Waals surface area contributed by atoms with Crippen LogP contribution in [0.1, 0.15) is 13.3 Å². The Hall–Kier alpha value is -2.89. The van der Waals surface area contributed by atoms with Crippen LogP contribution in [0.4, 0.5) is 20.6 Å². The molecule has 0 fully saturated rings. The first-order valence-corrected chi connectivity index (χ1v) is 7.10. The number of nitrogens with one attached hydrogen (secondary N) is 1. The quantitative estimate of drug-likeness (QED) is 0.933. The molecule has 0 saturated carbocycles. The molecule has 2 aromatic rings. The summed E-state index contributed by atoms with van der Waals surface area (Å²) in [7, 11) is 1.49. The average Bonchev–Trinajstić information content (AvgIpc) is 2.54. The standard InChI is InChI=1S/C17H17FN2O3/c1-3-16(21)19-13-7-5-9-15(11-13)23-17(22)20(2)14-8-4-6-12(18)10-14/h4-11H,3H2,1-2H3,(H,19,21). The fourth-order valence-corrected chi connectivity index (χ4v) is 1.85. The second-order valence-electron chi connectivity index (χ2n) is 4.84. The first kappa shape index (κ1) is 16.5. The zero-order chi connectivity index (χ0) is 16.8. The van der Waals surface area contributed by atoms with Crippen LogP contribution in [0, 0.1) is 5.82 Å². The maximum absolute atomic E-state index is 13.2. The number of halogens is 1. The Labute approximate surface area is 133 Å². The molecular formula is C17H17FN2O3. The number of hydrogen-bond donors (Lipinski definition) is 1. The molecule has 0 aliphatic carbocycles. The zero-order valence-corrected chi connectivity index (χ0v) is 12.9. The summed E-state index contributed by atoms with van der Waals surface area (Å²) in [5.41, 5.74) is 0.918. The van der Waals surface area contributed by atoms with Gasteiger partial charge in [-0.2, -0.15) is 0 Å². The third-order valence-electron chi connectivity index (χ3n) is 3.11. The SMILES string of the molecule is CCC(=O)Nc1cccc(OC(=O)N(C)c2cccc(F)c2)c1. The molecule has 0 aromatic heterocycles. The minimum atomic E-state index is -0.658. The van der Waals surface area contributed by atoms with Gasteiger partial charge >= 0.3 is 6.09 Å². The summed E-state index contributed by atoms with van der Waals surface area (Å²) < 4.78 is 18.4. The van der Waals surface area contributed by atoms with Crippen molar-refractivity contribution in [2.24, 2.45) is 0 Å². The Kier molecular flexibility index (Phi) is 5.30. The normalized spacial score (nSPS) is 10.0. The lowest BCUT2D eigenvalue weighted by Crippen LogP contribution is -2.29. The molecule has 23 heavy (non-hydrogen) atoms. The van der Waals surface area contributed by atoms with E-state index in [4.69, 9.17) is 4.74 Å². The van der Waals surface area contributed by atoms with Crippen molar-refractivity contribution in [3.8, 4) is 5.75 Å². The van der Waals surface area contributed by atoms with Crippen molar-refractivity contribution in [2.45, 2.75) is 13.3 Å². The number of carbonyl (C=O) groups is 2. The third-order valence-corrected chi connectivity index (χ3v) is 3.11. The highest BCUT2D eigenvalue weighted by Gasteiger charge is 2.14. The van der Waals surface area contributed by atoms with E-state index in [1.54, 1.807) is 37.3 Å². The molecule has 0 unspecified atom stereocenters. The van der Waals surface area contributed by atoms with Crippen molar-refractivity contribution in [3.05, 3.63) is 54.3 Å². The van der Waals surface area contributed by atoms with Crippen LogP contribution in [0.15, 0.2) is 48.5 Å². The lowest BCUT2D eigenvalue weighted by molar-refractivity contribution is -0.115. The Morgan fingerprint density at radius 1 is 1.17 bits per heavy atom. The van der Waals surface area contributed by atoms with Gasteiger partial charge in [-0.25, -0.2) is 9.18 Å². The molecule has 0 atom stereocenters. The summed E-state index contributed by atoms with van der Waals surface area (Å²) in [6.45, 7) is 1.74. The summed E-state index contributed by atoms with van der Waals surface area (Å²) in [5, 5.41) is 2.68. The van der Waals surface area contributed by atoms with E-state index in [0.29, 0.717) is 17.8 Å². The van der Waals surface area contributed by atoms with Crippen molar-refractivity contribution < 1.29 is 18.7 Å². The van der Waals surface area contributed by atoms with Crippen molar-refractivity contribution in [2.75, 3.05) is 17.3 Å². The lowest BCUT2D eigenvalue weighted by Gasteiger charge is -2.17. The van der Waals surface area contributed by atoms with Crippen LogP contribution in [-0.4, -0.2) is 19.0 Å². The number of ether oxygens (including phenoxy) is 1. The molecule has 0 heterocycles. The molecule has 2 amide bonds. The van der Waals surface area contributed by atoms with Gasteiger partial charge < -0.3 is 10.1 Å². The summed E-state index contributed by atoms with van der Waals surface area (Å²) in [5.74, 6) is -0.288. The summed E-state index contributed by atoms with van der Waals surface area (Å²) >= 11 is 0. The van der Waals surface area contributed by atoms with E-state index in [2.05, 4.69) is 5.32 Å². The van der Waals surface area contributed by atoms with Crippen LogP contribution in [0.5, 0.6) is 5.75 Å². The molecule has 120 valence electrons. The molecule has 2 aromatic carbocycles. The maximum atomic E-state index is 13.2. The predicted octanol–water partition coefficient (Wildman–Crippen LogP) is 3.81. The van der Waals surface area contributed by atoms with Gasteiger partial charge in [0, 0.05) is 30.9 Å². The Morgan fingerprint density at radius 3 is 2.61 bits per heavy atom. The predicted molar refractivity (Wildman–Crippen MR) is 86.2 cm³/mol. The first-order valence-electron chi connectivity index (χ1n) is 7.10. The van der Waals surface area contributed by atoms with E-state index >= 15 is 0 Å². The molecule has 0 aliphatic heterocycles. The van der Waals surface area contributed by atoms with Crippen molar-refractivity contribution in [1.29, 1.82) is 0 Å². The van der Waals surface area contributed by atoms with Crippen LogP contribution in [0.25, 0.3) is 0 Å². The van der Waals surface area contributed by atoms with Gasteiger partial charge in [0.2, 0.25) is 5.91 Å². The van der Waals surface area contributed by atoms with Crippen LogP contribution >= 0.6 is 0 Å². The highest BCUT2D eigenvalue weighted by Crippen LogP contribution is 2.20. The van der Waals surface area contributed by atoms with E-state index < -0.39 is 11.9 Å². The summed E-state index contributed by atoms with van der Waals surface area (Å²) in [6.07, 6.45) is -0.304. The summed E-state index contributed by atoms with van der Waals surface area (Å²) in [4.78, 5) is 24.7. The molecule has 0 bridgehead atoms. The minimum Gasteiger partial charge on any atom is -0.410 e. The molecular weight excluding hydrogens is 299 g/mol. The van der Waals surface area contributed by atoms with Gasteiger partial charge in [-0.3, -0.25) is 9.69 Å². The molecule has 0 spiro atoms. The highest BCUT2D eigenvalue weighted by molar-refractivity contribution is 5.91. The third kappa shape index (κ3) is 4.54. The number of benzene rings is 2.